The first kappa shape index (κ1) is 9.65. The van der Waals surface area contributed by atoms with Gasteiger partial charge in [-0.25, -0.2) is 9.13 Å². The summed E-state index contributed by atoms with van der Waals surface area (Å²) in [5.74, 6) is 3.75. The van der Waals surface area contributed by atoms with Crippen LogP contribution in [-0.2, 0) is 13.6 Å². The van der Waals surface area contributed by atoms with Gasteiger partial charge in [-0.15, -0.1) is 0 Å². The second kappa shape index (κ2) is 4.55. The molecule has 1 heterocycles. The number of nitrogens with zero attached hydrogens (tertiary/aromatic N) is 2. The van der Waals surface area contributed by atoms with E-state index in [1.54, 1.807) is 0 Å². The van der Waals surface area contributed by atoms with Gasteiger partial charge in [0.25, 0.3) is 5.82 Å². The molecule has 0 aliphatic rings. The predicted molar refractivity (Wildman–Crippen MR) is 53.3 cm³/mol. The van der Waals surface area contributed by atoms with Crippen LogP contribution in [0.25, 0.3) is 0 Å². The van der Waals surface area contributed by atoms with Gasteiger partial charge in [0.2, 0.25) is 0 Å². The molecule has 0 saturated heterocycles. The highest BCUT2D eigenvalue weighted by Crippen LogP contribution is 2.01. The van der Waals surface area contributed by atoms with Gasteiger partial charge in [-0.3, -0.25) is 0 Å². The minimum absolute atomic E-state index is 1.13. The average Bonchev–Trinajstić information content (AvgIpc) is 2.36. The molecule has 1 rings (SSSR count). The molecule has 0 aromatic carbocycles. The zero-order valence-corrected chi connectivity index (χ0v) is 8.90. The standard InChI is InChI=1S/C9H17N2S/c1-4-12-8-7-11-6-5-10(3)9(11)2/h5-6H,4,7-8H2,1-3H3/q+1. The van der Waals surface area contributed by atoms with E-state index in [1.807, 2.05) is 11.8 Å². The van der Waals surface area contributed by atoms with Crippen molar-refractivity contribution in [1.82, 2.24) is 4.57 Å². The zero-order chi connectivity index (χ0) is 8.97. The van der Waals surface area contributed by atoms with Crippen LogP contribution in [0.4, 0.5) is 0 Å². The Bertz CT molecular complexity index is 243. The molecular weight excluding hydrogens is 168 g/mol. The van der Waals surface area contributed by atoms with Crippen molar-refractivity contribution in [2.24, 2.45) is 7.05 Å². The van der Waals surface area contributed by atoms with E-state index in [9.17, 15) is 0 Å². The lowest BCUT2D eigenvalue weighted by Gasteiger charge is -1.97. The molecule has 0 unspecified atom stereocenters. The van der Waals surface area contributed by atoms with Gasteiger partial charge in [-0.05, 0) is 5.75 Å². The molecule has 0 aliphatic heterocycles. The fourth-order valence-electron chi connectivity index (χ4n) is 1.14. The summed E-state index contributed by atoms with van der Waals surface area (Å²) in [5.41, 5.74) is 0. The van der Waals surface area contributed by atoms with Gasteiger partial charge in [-0.2, -0.15) is 11.8 Å². The molecule has 0 spiro atoms. The van der Waals surface area contributed by atoms with Crippen LogP contribution in [0.1, 0.15) is 12.7 Å². The van der Waals surface area contributed by atoms with Crippen molar-refractivity contribution in [3.63, 3.8) is 0 Å². The topological polar surface area (TPSA) is 8.81 Å². The molecule has 0 N–H and O–H groups in total. The van der Waals surface area contributed by atoms with Gasteiger partial charge in [0.15, 0.2) is 0 Å². The van der Waals surface area contributed by atoms with Crippen LogP contribution in [-0.4, -0.2) is 16.1 Å². The van der Waals surface area contributed by atoms with Crippen molar-refractivity contribution in [2.45, 2.75) is 20.4 Å². The molecule has 68 valence electrons. The van der Waals surface area contributed by atoms with Gasteiger partial charge < -0.3 is 0 Å². The number of aromatic nitrogens is 2. The number of hydrogen-bond donors (Lipinski definition) is 0. The van der Waals surface area contributed by atoms with E-state index in [4.69, 9.17) is 0 Å². The Kier molecular flexibility index (Phi) is 3.66. The Morgan fingerprint density at radius 3 is 2.83 bits per heavy atom. The first-order valence-corrected chi connectivity index (χ1v) is 5.50. The first-order valence-electron chi connectivity index (χ1n) is 4.34. The number of rotatable bonds is 4. The summed E-state index contributed by atoms with van der Waals surface area (Å²) in [4.78, 5) is 0. The van der Waals surface area contributed by atoms with Gasteiger partial charge in [-0.1, -0.05) is 6.92 Å². The number of thioether (sulfide) groups is 1. The monoisotopic (exact) mass is 185 g/mol. The Hall–Kier alpha value is -0.440. The molecule has 0 radical (unpaired) electrons. The fraction of sp³-hybridized carbons (Fsp3) is 0.667. The van der Waals surface area contributed by atoms with Crippen LogP contribution in [0.15, 0.2) is 12.4 Å². The van der Waals surface area contributed by atoms with Crippen LogP contribution in [0.2, 0.25) is 0 Å². The fourth-order valence-corrected chi connectivity index (χ4v) is 1.76. The van der Waals surface area contributed by atoms with E-state index in [2.05, 4.69) is 42.4 Å². The normalized spacial score (nSPS) is 10.6. The van der Waals surface area contributed by atoms with Crippen molar-refractivity contribution in [3.05, 3.63) is 18.2 Å². The van der Waals surface area contributed by atoms with E-state index < -0.39 is 0 Å². The van der Waals surface area contributed by atoms with E-state index in [1.165, 1.54) is 17.3 Å². The second-order valence-corrected chi connectivity index (χ2v) is 4.24. The summed E-state index contributed by atoms with van der Waals surface area (Å²) in [6.45, 7) is 5.48. The molecule has 0 amide bonds. The minimum atomic E-state index is 1.13. The first-order chi connectivity index (χ1) is 5.75. The zero-order valence-electron chi connectivity index (χ0n) is 8.08. The number of hydrogen-bond acceptors (Lipinski definition) is 1. The maximum Gasteiger partial charge on any atom is 0.253 e. The summed E-state index contributed by atoms with van der Waals surface area (Å²) in [6.07, 6.45) is 4.25. The van der Waals surface area contributed by atoms with Crippen molar-refractivity contribution >= 4 is 11.8 Å². The molecule has 12 heavy (non-hydrogen) atoms. The quantitative estimate of drug-likeness (QED) is 0.508. The molecule has 1 aromatic rings. The highest BCUT2D eigenvalue weighted by atomic mass is 32.2. The van der Waals surface area contributed by atoms with Gasteiger partial charge in [0.05, 0.1) is 13.6 Å². The van der Waals surface area contributed by atoms with Crippen molar-refractivity contribution in [3.8, 4) is 0 Å². The van der Waals surface area contributed by atoms with Crippen LogP contribution >= 0.6 is 11.8 Å². The summed E-state index contributed by atoms with van der Waals surface area (Å²) >= 11 is 1.99. The molecule has 3 heteroatoms. The highest BCUT2D eigenvalue weighted by molar-refractivity contribution is 7.99. The lowest BCUT2D eigenvalue weighted by molar-refractivity contribution is -0.677. The van der Waals surface area contributed by atoms with Crippen LogP contribution in [0, 0.1) is 6.92 Å². The third-order valence-corrected chi connectivity index (χ3v) is 2.96. The van der Waals surface area contributed by atoms with E-state index >= 15 is 0 Å². The van der Waals surface area contributed by atoms with E-state index in [-0.39, 0.29) is 0 Å². The summed E-state index contributed by atoms with van der Waals surface area (Å²) in [7, 11) is 2.08. The maximum absolute atomic E-state index is 2.29. The predicted octanol–water partition coefficient (Wildman–Crippen LogP) is 1.37. The Labute approximate surface area is 78.6 Å². The SMILES string of the molecule is CCSCCn1cc[n+](C)c1C. The highest BCUT2D eigenvalue weighted by Gasteiger charge is 2.06. The van der Waals surface area contributed by atoms with Gasteiger partial charge >= 0.3 is 0 Å². The summed E-state index contributed by atoms with van der Waals surface area (Å²) in [5, 5.41) is 0. The molecule has 2 nitrogen and oxygen atoms in total. The molecule has 1 aromatic heterocycles. The third-order valence-electron chi connectivity index (χ3n) is 2.08. The lowest BCUT2D eigenvalue weighted by Crippen LogP contribution is -2.29. The summed E-state index contributed by atoms with van der Waals surface area (Å²) < 4.78 is 4.44. The molecule has 0 aliphatic carbocycles. The molecule has 0 fully saturated rings. The smallest absolute Gasteiger partial charge is 0.237 e. The molecule has 0 saturated carbocycles. The van der Waals surface area contributed by atoms with E-state index in [0.29, 0.717) is 0 Å². The number of aryl methyl sites for hydroxylation is 2. The van der Waals surface area contributed by atoms with Crippen molar-refractivity contribution in [1.29, 1.82) is 0 Å². The van der Waals surface area contributed by atoms with Crippen LogP contribution in [0.3, 0.4) is 0 Å². The molecular formula is C9H17N2S+. The maximum atomic E-state index is 2.29. The molecule has 0 bridgehead atoms. The Morgan fingerprint density at radius 1 is 1.58 bits per heavy atom. The molecule has 0 atom stereocenters. The number of imidazole rings is 1. The van der Waals surface area contributed by atoms with Crippen LogP contribution in [0.5, 0.6) is 0 Å². The van der Waals surface area contributed by atoms with Gasteiger partial charge in [0.1, 0.15) is 12.4 Å². The van der Waals surface area contributed by atoms with Crippen molar-refractivity contribution in [2.75, 3.05) is 11.5 Å². The van der Waals surface area contributed by atoms with E-state index in [0.717, 1.165) is 6.54 Å². The lowest BCUT2D eigenvalue weighted by atomic mass is 10.6. The average molecular weight is 185 g/mol. The Balaban J connectivity index is 2.46. The van der Waals surface area contributed by atoms with Crippen LogP contribution < -0.4 is 4.57 Å². The minimum Gasteiger partial charge on any atom is -0.237 e. The van der Waals surface area contributed by atoms with Gasteiger partial charge in [0, 0.05) is 12.7 Å². The largest absolute Gasteiger partial charge is 0.253 e. The Morgan fingerprint density at radius 2 is 2.33 bits per heavy atom. The van der Waals surface area contributed by atoms with Crippen molar-refractivity contribution < 1.29 is 4.57 Å². The third kappa shape index (κ3) is 2.27. The second-order valence-electron chi connectivity index (χ2n) is 2.85. The summed E-state index contributed by atoms with van der Waals surface area (Å²) in [6, 6.07) is 0.